The second-order valence-corrected chi connectivity index (χ2v) is 8.37. The average Bonchev–Trinajstić information content (AvgIpc) is 3.21. The van der Waals surface area contributed by atoms with Crippen LogP contribution in [0.3, 0.4) is 0 Å². The summed E-state index contributed by atoms with van der Waals surface area (Å²) >= 11 is 12.5. The van der Waals surface area contributed by atoms with E-state index >= 15 is 0 Å². The van der Waals surface area contributed by atoms with E-state index in [0.717, 1.165) is 24.1 Å². The van der Waals surface area contributed by atoms with Crippen molar-refractivity contribution < 1.29 is 9.47 Å². The van der Waals surface area contributed by atoms with Crippen LogP contribution in [0.15, 0.2) is 66.9 Å². The van der Waals surface area contributed by atoms with Crippen LogP contribution in [0, 0.1) is 0 Å². The molecule has 0 unspecified atom stereocenters. The first-order valence-corrected chi connectivity index (χ1v) is 11.5. The van der Waals surface area contributed by atoms with E-state index in [1.54, 1.807) is 0 Å². The number of hydrogen-bond donors (Lipinski definition) is 2. The van der Waals surface area contributed by atoms with Gasteiger partial charge in [0.15, 0.2) is 11.5 Å². The molecule has 166 valence electrons. The van der Waals surface area contributed by atoms with Crippen LogP contribution in [-0.2, 0) is 19.6 Å². The summed E-state index contributed by atoms with van der Waals surface area (Å²) in [6.07, 6.45) is 3.02. The van der Waals surface area contributed by atoms with Gasteiger partial charge in [0.2, 0.25) is 0 Å². The van der Waals surface area contributed by atoms with E-state index < -0.39 is 0 Å². The minimum Gasteiger partial charge on any atom is -0.490 e. The lowest BCUT2D eigenvalue weighted by Gasteiger charge is -2.15. The highest BCUT2D eigenvalue weighted by Crippen LogP contribution is 2.34. The number of aromatic amines is 1. The quantitative estimate of drug-likeness (QED) is 0.252. The molecular formula is C26H26Cl2N2O2. The van der Waals surface area contributed by atoms with Crippen LogP contribution in [0.4, 0.5) is 0 Å². The van der Waals surface area contributed by atoms with Crippen LogP contribution in [0.5, 0.6) is 11.5 Å². The molecule has 1 aromatic heterocycles. The molecule has 2 N–H and O–H groups in total. The van der Waals surface area contributed by atoms with Gasteiger partial charge in [0, 0.05) is 39.8 Å². The van der Waals surface area contributed by atoms with Crippen LogP contribution in [0.1, 0.15) is 23.6 Å². The Hall–Kier alpha value is -2.66. The van der Waals surface area contributed by atoms with Crippen LogP contribution < -0.4 is 14.8 Å². The van der Waals surface area contributed by atoms with Gasteiger partial charge in [-0.3, -0.25) is 0 Å². The molecule has 4 nitrogen and oxygen atoms in total. The number of ether oxygens (including phenoxy) is 2. The Morgan fingerprint density at radius 3 is 2.50 bits per heavy atom. The number of halogens is 2. The number of benzene rings is 3. The van der Waals surface area contributed by atoms with Crippen LogP contribution in [0.25, 0.3) is 10.9 Å². The van der Waals surface area contributed by atoms with Gasteiger partial charge in [0.05, 0.1) is 6.61 Å². The zero-order chi connectivity index (χ0) is 22.3. The number of fused-ring (bicyclic) bond motifs is 1. The molecule has 0 bridgehead atoms. The first-order valence-electron chi connectivity index (χ1n) is 10.7. The maximum Gasteiger partial charge on any atom is 0.163 e. The Bertz CT molecular complexity index is 1170. The fourth-order valence-electron chi connectivity index (χ4n) is 3.62. The van der Waals surface area contributed by atoms with E-state index in [1.165, 1.54) is 16.5 Å². The highest BCUT2D eigenvalue weighted by molar-refractivity contribution is 6.31. The van der Waals surface area contributed by atoms with Gasteiger partial charge in [-0.05, 0) is 60.8 Å². The molecule has 4 rings (SSSR count). The summed E-state index contributed by atoms with van der Waals surface area (Å²) < 4.78 is 11.8. The topological polar surface area (TPSA) is 46.3 Å². The lowest BCUT2D eigenvalue weighted by molar-refractivity contribution is 0.269. The minimum absolute atomic E-state index is 0.412. The maximum absolute atomic E-state index is 6.56. The monoisotopic (exact) mass is 468 g/mol. The molecular weight excluding hydrogens is 443 g/mol. The lowest BCUT2D eigenvalue weighted by atomic mass is 10.1. The molecule has 0 fully saturated rings. The summed E-state index contributed by atoms with van der Waals surface area (Å²) in [5.41, 5.74) is 4.48. The summed E-state index contributed by atoms with van der Waals surface area (Å²) in [6.45, 7) is 4.41. The second kappa shape index (κ2) is 10.8. The van der Waals surface area contributed by atoms with Gasteiger partial charge in [-0.1, -0.05) is 53.5 Å². The Balaban J connectivity index is 1.37. The molecule has 0 spiro atoms. The zero-order valence-electron chi connectivity index (χ0n) is 18.0. The van der Waals surface area contributed by atoms with Crippen molar-refractivity contribution in [3.05, 3.63) is 93.6 Å². The van der Waals surface area contributed by atoms with Crippen LogP contribution in [-0.4, -0.2) is 18.1 Å². The molecule has 0 saturated carbocycles. The smallest absolute Gasteiger partial charge is 0.163 e. The summed E-state index contributed by atoms with van der Waals surface area (Å²) in [5, 5.41) is 6.12. The van der Waals surface area contributed by atoms with Crippen molar-refractivity contribution in [1.82, 2.24) is 10.3 Å². The first-order chi connectivity index (χ1) is 15.6. The fraction of sp³-hybridized carbons (Fsp3) is 0.231. The van der Waals surface area contributed by atoms with Crippen molar-refractivity contribution in [2.24, 2.45) is 0 Å². The lowest BCUT2D eigenvalue weighted by Crippen LogP contribution is -2.17. The number of hydrogen-bond acceptors (Lipinski definition) is 3. The van der Waals surface area contributed by atoms with Crippen molar-refractivity contribution in [2.45, 2.75) is 26.5 Å². The molecule has 0 aliphatic rings. The molecule has 0 aliphatic heterocycles. The van der Waals surface area contributed by atoms with Crippen molar-refractivity contribution in [3.8, 4) is 11.5 Å². The fourth-order valence-corrected chi connectivity index (χ4v) is 3.97. The Kier molecular flexibility index (Phi) is 7.59. The summed E-state index contributed by atoms with van der Waals surface area (Å²) in [4.78, 5) is 3.32. The standard InChI is InChI=1S/C26H26Cl2N2O2/c1-2-31-25-13-20(15-29-12-11-19-16-30-24-6-4-3-5-22(19)24)23(28)14-26(25)32-17-18-7-9-21(27)10-8-18/h3-10,13-14,16,29-30H,2,11-12,15,17H2,1H3. The molecule has 0 aliphatic carbocycles. The number of rotatable bonds is 10. The number of aromatic nitrogens is 1. The van der Waals surface area contributed by atoms with Crippen LogP contribution >= 0.6 is 23.2 Å². The van der Waals surface area contributed by atoms with E-state index in [2.05, 4.69) is 34.7 Å². The predicted molar refractivity (Wildman–Crippen MR) is 132 cm³/mol. The Labute approximate surface area is 198 Å². The Morgan fingerprint density at radius 1 is 0.906 bits per heavy atom. The summed E-state index contributed by atoms with van der Waals surface area (Å²) in [6, 6.07) is 19.7. The molecule has 1 heterocycles. The number of nitrogens with one attached hydrogen (secondary N) is 2. The van der Waals surface area contributed by atoms with Gasteiger partial charge in [-0.15, -0.1) is 0 Å². The molecule has 3 aromatic carbocycles. The van der Waals surface area contributed by atoms with Gasteiger partial charge in [-0.2, -0.15) is 0 Å². The number of para-hydroxylation sites is 1. The zero-order valence-corrected chi connectivity index (χ0v) is 19.5. The van der Waals surface area contributed by atoms with Gasteiger partial charge >= 0.3 is 0 Å². The normalized spacial score (nSPS) is 11.1. The van der Waals surface area contributed by atoms with E-state index in [-0.39, 0.29) is 0 Å². The van der Waals surface area contributed by atoms with Gasteiger partial charge in [0.25, 0.3) is 0 Å². The van der Waals surface area contributed by atoms with Gasteiger partial charge in [0.1, 0.15) is 6.61 Å². The largest absolute Gasteiger partial charge is 0.490 e. The highest BCUT2D eigenvalue weighted by atomic mass is 35.5. The maximum atomic E-state index is 6.56. The van der Waals surface area contributed by atoms with Crippen molar-refractivity contribution in [2.75, 3.05) is 13.2 Å². The van der Waals surface area contributed by atoms with E-state index in [9.17, 15) is 0 Å². The Morgan fingerprint density at radius 2 is 1.69 bits per heavy atom. The summed E-state index contributed by atoms with van der Waals surface area (Å²) in [7, 11) is 0. The third-order valence-corrected chi connectivity index (χ3v) is 5.89. The van der Waals surface area contributed by atoms with Crippen LogP contribution in [0.2, 0.25) is 10.0 Å². The third kappa shape index (κ3) is 5.57. The molecule has 6 heteroatoms. The number of H-pyrrole nitrogens is 1. The van der Waals surface area contributed by atoms with E-state index in [0.29, 0.717) is 41.3 Å². The SMILES string of the molecule is CCOc1cc(CNCCc2c[nH]c3ccccc23)c(Cl)cc1OCc1ccc(Cl)cc1. The minimum atomic E-state index is 0.412. The molecule has 32 heavy (non-hydrogen) atoms. The average molecular weight is 469 g/mol. The van der Waals surface area contributed by atoms with E-state index in [1.807, 2.05) is 49.4 Å². The second-order valence-electron chi connectivity index (χ2n) is 7.52. The van der Waals surface area contributed by atoms with Crippen molar-refractivity contribution >= 4 is 34.1 Å². The van der Waals surface area contributed by atoms with Crippen molar-refractivity contribution in [1.29, 1.82) is 0 Å². The van der Waals surface area contributed by atoms with E-state index in [4.69, 9.17) is 32.7 Å². The molecule has 0 radical (unpaired) electrons. The first kappa shape index (κ1) is 22.5. The molecule has 0 saturated heterocycles. The van der Waals surface area contributed by atoms with Gasteiger partial charge < -0.3 is 19.8 Å². The summed E-state index contributed by atoms with van der Waals surface area (Å²) in [5.74, 6) is 1.33. The highest BCUT2D eigenvalue weighted by Gasteiger charge is 2.12. The van der Waals surface area contributed by atoms with Gasteiger partial charge in [-0.25, -0.2) is 0 Å². The molecule has 0 amide bonds. The third-order valence-electron chi connectivity index (χ3n) is 5.28. The molecule has 4 aromatic rings. The molecule has 0 atom stereocenters. The van der Waals surface area contributed by atoms with Crippen molar-refractivity contribution in [3.63, 3.8) is 0 Å². The predicted octanol–water partition coefficient (Wildman–Crippen LogP) is 6.78.